The van der Waals surface area contributed by atoms with Crippen LogP contribution in [0.1, 0.15) is 18.0 Å². The molecule has 10 nitrogen and oxygen atoms in total. The number of carbonyl (C=O) groups is 1. The lowest BCUT2D eigenvalue weighted by molar-refractivity contribution is -0.0830. The zero-order valence-corrected chi connectivity index (χ0v) is 17.6. The first-order valence-electron chi connectivity index (χ1n) is 10.2. The number of hydrogen-bond acceptors (Lipinski definition) is 7. The Hall–Kier alpha value is -4.25. The van der Waals surface area contributed by atoms with Gasteiger partial charge in [0.25, 0.3) is 0 Å². The van der Waals surface area contributed by atoms with Crippen LogP contribution < -0.4 is 15.8 Å². The van der Waals surface area contributed by atoms with Crippen molar-refractivity contribution >= 4 is 23.3 Å². The summed E-state index contributed by atoms with van der Waals surface area (Å²) in [5.41, 5.74) is 8.78. The number of pyridine rings is 2. The third-order valence-corrected chi connectivity index (χ3v) is 5.31. The van der Waals surface area contributed by atoms with Crippen LogP contribution in [0.25, 0.3) is 16.8 Å². The lowest BCUT2D eigenvalue weighted by Crippen LogP contribution is -2.33. The number of anilines is 2. The molecular formula is C22H20FN7O3. The Labute approximate surface area is 187 Å². The minimum Gasteiger partial charge on any atom is -0.480 e. The molecule has 1 aliphatic heterocycles. The van der Waals surface area contributed by atoms with Gasteiger partial charge in [0.05, 0.1) is 19.8 Å². The second-order valence-electron chi connectivity index (χ2n) is 7.42. The fraction of sp³-hybridized carbons (Fsp3) is 0.182. The minimum atomic E-state index is -0.515. The Bertz CT molecular complexity index is 1340. The molecule has 0 spiro atoms. The van der Waals surface area contributed by atoms with Gasteiger partial charge >= 0.3 is 6.03 Å². The molecule has 1 aromatic carbocycles. The number of amides is 2. The van der Waals surface area contributed by atoms with Crippen LogP contribution in [0, 0.1) is 5.82 Å². The number of nitrogens with zero attached hydrogens (tertiary/aromatic N) is 5. The van der Waals surface area contributed by atoms with Crippen LogP contribution in [-0.2, 0) is 4.84 Å². The quantitative estimate of drug-likeness (QED) is 0.490. The summed E-state index contributed by atoms with van der Waals surface area (Å²) in [6.07, 6.45) is 3.93. The van der Waals surface area contributed by atoms with E-state index in [-0.39, 0.29) is 17.6 Å². The molecule has 0 saturated carbocycles. The highest BCUT2D eigenvalue weighted by Crippen LogP contribution is 2.33. The van der Waals surface area contributed by atoms with Crippen LogP contribution in [0.5, 0.6) is 5.88 Å². The maximum absolute atomic E-state index is 13.7. The van der Waals surface area contributed by atoms with E-state index in [1.165, 1.54) is 24.3 Å². The van der Waals surface area contributed by atoms with Gasteiger partial charge in [-0.25, -0.2) is 18.7 Å². The number of ether oxygens (including phenoxy) is 1. The normalized spacial score (nSPS) is 15.7. The van der Waals surface area contributed by atoms with E-state index >= 15 is 0 Å². The number of benzene rings is 1. The molecule has 11 heteroatoms. The maximum atomic E-state index is 13.7. The molecule has 3 aromatic heterocycles. The zero-order valence-electron chi connectivity index (χ0n) is 17.6. The van der Waals surface area contributed by atoms with Crippen LogP contribution in [0.15, 0.2) is 54.9 Å². The summed E-state index contributed by atoms with van der Waals surface area (Å²) in [7, 11) is 1.46. The van der Waals surface area contributed by atoms with Crippen molar-refractivity contribution in [3.05, 3.63) is 66.2 Å². The SMILES string of the molecule is COc1ncc(-c2ccc3nc(N)nn3c2)cc1NC(=O)N1OCCC1c1cccc(F)c1. The highest BCUT2D eigenvalue weighted by atomic mass is 19.1. The van der Waals surface area contributed by atoms with E-state index in [2.05, 4.69) is 20.4 Å². The van der Waals surface area contributed by atoms with Gasteiger partial charge in [-0.15, -0.1) is 5.10 Å². The van der Waals surface area contributed by atoms with E-state index in [4.69, 9.17) is 15.3 Å². The van der Waals surface area contributed by atoms with Crippen LogP contribution >= 0.6 is 0 Å². The number of hydrogen-bond donors (Lipinski definition) is 2. The van der Waals surface area contributed by atoms with E-state index in [9.17, 15) is 9.18 Å². The third kappa shape index (κ3) is 4.01. The largest absolute Gasteiger partial charge is 0.480 e. The van der Waals surface area contributed by atoms with Crippen LogP contribution in [-0.4, -0.2) is 44.4 Å². The topological polar surface area (TPSA) is 120 Å². The summed E-state index contributed by atoms with van der Waals surface area (Å²) in [6, 6.07) is 10.6. The van der Waals surface area contributed by atoms with Gasteiger partial charge in [0, 0.05) is 29.9 Å². The number of nitrogens with two attached hydrogens (primary N) is 1. The molecule has 168 valence electrons. The first kappa shape index (κ1) is 20.6. The molecule has 0 bridgehead atoms. The Morgan fingerprint density at radius 2 is 2.15 bits per heavy atom. The first-order chi connectivity index (χ1) is 16.0. The average Bonchev–Trinajstić information content (AvgIpc) is 3.44. The van der Waals surface area contributed by atoms with Gasteiger partial charge in [-0.05, 0) is 35.9 Å². The number of urea groups is 1. The number of hydroxylamine groups is 2. The van der Waals surface area contributed by atoms with Crippen molar-refractivity contribution in [1.29, 1.82) is 0 Å². The molecule has 1 unspecified atom stereocenters. The van der Waals surface area contributed by atoms with Crippen molar-refractivity contribution in [2.45, 2.75) is 12.5 Å². The van der Waals surface area contributed by atoms with E-state index in [1.54, 1.807) is 41.2 Å². The molecule has 4 heterocycles. The van der Waals surface area contributed by atoms with E-state index in [0.29, 0.717) is 35.5 Å². The molecule has 4 aromatic rings. The van der Waals surface area contributed by atoms with E-state index in [0.717, 1.165) is 5.56 Å². The van der Waals surface area contributed by atoms with E-state index < -0.39 is 12.1 Å². The number of methoxy groups -OCH3 is 1. The van der Waals surface area contributed by atoms with Gasteiger partial charge in [-0.2, -0.15) is 10.0 Å². The number of nitrogens with one attached hydrogen (secondary N) is 1. The van der Waals surface area contributed by atoms with Gasteiger partial charge in [-0.1, -0.05) is 12.1 Å². The van der Waals surface area contributed by atoms with Crippen LogP contribution in [0.4, 0.5) is 20.8 Å². The Morgan fingerprint density at radius 3 is 2.97 bits per heavy atom. The number of fused-ring (bicyclic) bond motifs is 1. The second-order valence-corrected chi connectivity index (χ2v) is 7.42. The Kier molecular flexibility index (Phi) is 5.23. The zero-order chi connectivity index (χ0) is 22.9. The molecule has 1 saturated heterocycles. The monoisotopic (exact) mass is 449 g/mol. The standard InChI is InChI=1S/C22H20FN7O3/c1-32-20-17(10-15(11-25-20)14-5-6-19-27-21(24)28-29(19)12-14)26-22(31)30-18(7-8-33-30)13-3-2-4-16(23)9-13/h2-6,9-12,18H,7-8H2,1H3,(H2,24,28)(H,26,31). The number of halogens is 1. The smallest absolute Gasteiger partial charge is 0.346 e. The molecule has 1 aliphatic rings. The lowest BCUT2D eigenvalue weighted by Gasteiger charge is -2.23. The predicted molar refractivity (Wildman–Crippen MR) is 118 cm³/mol. The summed E-state index contributed by atoms with van der Waals surface area (Å²) in [5.74, 6) is 0.0375. The molecule has 0 radical (unpaired) electrons. The molecule has 0 aliphatic carbocycles. The summed E-state index contributed by atoms with van der Waals surface area (Å²) < 4.78 is 20.6. The molecule has 33 heavy (non-hydrogen) atoms. The lowest BCUT2D eigenvalue weighted by atomic mass is 10.0. The van der Waals surface area contributed by atoms with Crippen molar-refractivity contribution in [2.75, 3.05) is 24.8 Å². The minimum absolute atomic E-state index is 0.173. The van der Waals surface area contributed by atoms with Crippen LogP contribution in [0.3, 0.4) is 0 Å². The van der Waals surface area contributed by atoms with Gasteiger partial charge in [0.1, 0.15) is 11.5 Å². The molecule has 2 amide bonds. The van der Waals surface area contributed by atoms with Crippen molar-refractivity contribution in [2.24, 2.45) is 0 Å². The highest BCUT2D eigenvalue weighted by Gasteiger charge is 2.32. The van der Waals surface area contributed by atoms with Gasteiger partial charge in [-0.3, -0.25) is 4.84 Å². The maximum Gasteiger partial charge on any atom is 0.346 e. The van der Waals surface area contributed by atoms with Gasteiger partial charge < -0.3 is 15.8 Å². The Balaban J connectivity index is 1.42. The number of rotatable bonds is 4. The van der Waals surface area contributed by atoms with Crippen molar-refractivity contribution in [1.82, 2.24) is 24.6 Å². The molecular weight excluding hydrogens is 429 g/mol. The fourth-order valence-corrected chi connectivity index (χ4v) is 3.79. The van der Waals surface area contributed by atoms with Gasteiger partial charge in [0.2, 0.25) is 11.8 Å². The molecule has 5 rings (SSSR count). The highest BCUT2D eigenvalue weighted by molar-refractivity contribution is 5.91. The summed E-state index contributed by atoms with van der Waals surface area (Å²) >= 11 is 0. The summed E-state index contributed by atoms with van der Waals surface area (Å²) in [6.45, 7) is 0.338. The first-order valence-corrected chi connectivity index (χ1v) is 10.2. The van der Waals surface area contributed by atoms with E-state index in [1.807, 2.05) is 6.07 Å². The average molecular weight is 449 g/mol. The van der Waals surface area contributed by atoms with Gasteiger partial charge in [0.15, 0.2) is 5.65 Å². The van der Waals surface area contributed by atoms with Crippen LogP contribution in [0.2, 0.25) is 0 Å². The van der Waals surface area contributed by atoms with Crippen molar-refractivity contribution in [3.63, 3.8) is 0 Å². The predicted octanol–water partition coefficient (Wildman–Crippen LogP) is 3.43. The van der Waals surface area contributed by atoms with Crippen molar-refractivity contribution in [3.8, 4) is 17.0 Å². The number of aromatic nitrogens is 4. The number of carbonyl (C=O) groups excluding carboxylic acids is 1. The van der Waals surface area contributed by atoms with Crippen molar-refractivity contribution < 1.29 is 18.8 Å². The molecule has 1 fully saturated rings. The third-order valence-electron chi connectivity index (χ3n) is 5.31. The number of nitrogen functional groups attached to an aromatic ring is 1. The summed E-state index contributed by atoms with van der Waals surface area (Å²) in [5, 5.41) is 8.13. The fourth-order valence-electron chi connectivity index (χ4n) is 3.79. The molecule has 1 atom stereocenters. The summed E-state index contributed by atoms with van der Waals surface area (Å²) in [4.78, 5) is 27.0. The Morgan fingerprint density at radius 1 is 1.27 bits per heavy atom. The molecule has 3 N–H and O–H groups in total. The second kappa shape index (κ2) is 8.36.